The summed E-state index contributed by atoms with van der Waals surface area (Å²) in [6, 6.07) is 10.0. The maximum absolute atomic E-state index is 12.1. The number of carbonyl (C=O) groups is 1. The van der Waals surface area contributed by atoms with Crippen LogP contribution in [0.2, 0.25) is 0 Å². The molecule has 2 aliphatic rings. The smallest absolute Gasteiger partial charge is 0.240 e. The Morgan fingerprint density at radius 1 is 1.25 bits per heavy atom. The zero-order chi connectivity index (χ0) is 16.8. The average Bonchev–Trinajstić information content (AvgIpc) is 3.26. The van der Waals surface area contributed by atoms with Crippen molar-refractivity contribution in [3.8, 4) is 11.8 Å². The normalized spacial score (nSPS) is 19.6. The Balaban J connectivity index is 1.50. The number of carbonyl (C=O) groups excluding carboxylic acids is 1. The van der Waals surface area contributed by atoms with Gasteiger partial charge in [0.1, 0.15) is 11.3 Å². The van der Waals surface area contributed by atoms with E-state index in [0.29, 0.717) is 6.10 Å². The van der Waals surface area contributed by atoms with Gasteiger partial charge in [0, 0.05) is 11.8 Å². The van der Waals surface area contributed by atoms with Crippen molar-refractivity contribution in [1.82, 2.24) is 5.32 Å². The Bertz CT molecular complexity index is 611. The predicted octanol–water partition coefficient (Wildman–Crippen LogP) is 3.37. The van der Waals surface area contributed by atoms with E-state index in [2.05, 4.69) is 16.7 Å². The van der Waals surface area contributed by atoms with Crippen molar-refractivity contribution in [2.24, 2.45) is 0 Å². The van der Waals surface area contributed by atoms with E-state index in [1.165, 1.54) is 12.8 Å². The molecule has 0 aromatic heterocycles. The molecule has 3 rings (SSSR count). The van der Waals surface area contributed by atoms with Gasteiger partial charge >= 0.3 is 0 Å². The summed E-state index contributed by atoms with van der Waals surface area (Å²) in [5.74, 6) is 0.706. The van der Waals surface area contributed by atoms with Crippen molar-refractivity contribution in [3.05, 3.63) is 24.3 Å². The van der Waals surface area contributed by atoms with E-state index in [1.54, 1.807) is 0 Å². The van der Waals surface area contributed by atoms with Crippen LogP contribution >= 0.6 is 0 Å². The Morgan fingerprint density at radius 3 is 2.71 bits per heavy atom. The lowest BCUT2D eigenvalue weighted by atomic mass is 10.00. The second-order valence-corrected chi connectivity index (χ2v) is 6.85. The quantitative estimate of drug-likeness (QED) is 0.840. The van der Waals surface area contributed by atoms with Crippen LogP contribution in [0, 0.1) is 11.3 Å². The highest BCUT2D eigenvalue weighted by Gasteiger charge is 2.35. The van der Waals surface area contributed by atoms with Crippen LogP contribution in [0.1, 0.15) is 51.4 Å². The molecule has 2 fully saturated rings. The average molecular weight is 327 g/mol. The van der Waals surface area contributed by atoms with E-state index in [-0.39, 0.29) is 12.5 Å². The molecule has 0 saturated heterocycles. The molecule has 2 saturated carbocycles. The highest BCUT2D eigenvalue weighted by molar-refractivity contribution is 5.82. The number of nitrogens with one attached hydrogen (secondary N) is 2. The number of amides is 1. The minimum atomic E-state index is -0.661. The number of nitriles is 1. The van der Waals surface area contributed by atoms with Crippen molar-refractivity contribution in [2.45, 2.75) is 63.0 Å². The van der Waals surface area contributed by atoms with Crippen LogP contribution in [0.3, 0.4) is 0 Å². The predicted molar refractivity (Wildman–Crippen MR) is 92.8 cm³/mol. The van der Waals surface area contributed by atoms with Gasteiger partial charge in [-0.15, -0.1) is 0 Å². The molecule has 5 nitrogen and oxygen atoms in total. The van der Waals surface area contributed by atoms with Gasteiger partial charge in [0.05, 0.1) is 18.7 Å². The molecule has 2 N–H and O–H groups in total. The van der Waals surface area contributed by atoms with Gasteiger partial charge < -0.3 is 15.4 Å². The Hall–Kier alpha value is -2.22. The summed E-state index contributed by atoms with van der Waals surface area (Å²) in [6.07, 6.45) is 8.55. The first-order chi connectivity index (χ1) is 11.7. The van der Waals surface area contributed by atoms with Crippen LogP contribution in [0.5, 0.6) is 5.75 Å². The fraction of sp³-hybridized carbons (Fsp3) is 0.579. The van der Waals surface area contributed by atoms with Gasteiger partial charge in [-0.25, -0.2) is 0 Å². The van der Waals surface area contributed by atoms with Gasteiger partial charge in [0.2, 0.25) is 5.91 Å². The summed E-state index contributed by atoms with van der Waals surface area (Å²) in [5.41, 5.74) is 0.199. The second kappa shape index (κ2) is 7.57. The summed E-state index contributed by atoms with van der Waals surface area (Å²) in [6.45, 7) is 0.163. The lowest BCUT2D eigenvalue weighted by molar-refractivity contribution is -0.120. The molecule has 1 aromatic rings. The highest BCUT2D eigenvalue weighted by atomic mass is 16.5. The largest absolute Gasteiger partial charge is 0.490 e. The molecule has 0 radical (unpaired) electrons. The topological polar surface area (TPSA) is 74.2 Å². The lowest BCUT2D eigenvalue weighted by Gasteiger charge is -2.22. The van der Waals surface area contributed by atoms with Crippen molar-refractivity contribution in [1.29, 1.82) is 5.26 Å². The number of hydrogen-bond donors (Lipinski definition) is 2. The molecule has 0 bridgehead atoms. The monoisotopic (exact) mass is 327 g/mol. The third kappa shape index (κ3) is 4.19. The fourth-order valence-corrected chi connectivity index (χ4v) is 3.61. The Kier molecular flexibility index (Phi) is 5.24. The van der Waals surface area contributed by atoms with Gasteiger partial charge in [0.25, 0.3) is 0 Å². The molecule has 128 valence electrons. The lowest BCUT2D eigenvalue weighted by Crippen LogP contribution is -2.47. The molecule has 1 amide bonds. The summed E-state index contributed by atoms with van der Waals surface area (Å²) in [4.78, 5) is 12.1. The van der Waals surface area contributed by atoms with E-state index in [9.17, 15) is 10.1 Å². The van der Waals surface area contributed by atoms with Crippen molar-refractivity contribution >= 4 is 11.6 Å². The van der Waals surface area contributed by atoms with Crippen LogP contribution in [0.15, 0.2) is 24.3 Å². The van der Waals surface area contributed by atoms with Gasteiger partial charge in [0.15, 0.2) is 0 Å². The van der Waals surface area contributed by atoms with Crippen molar-refractivity contribution < 1.29 is 9.53 Å². The third-order valence-corrected chi connectivity index (χ3v) is 4.94. The highest BCUT2D eigenvalue weighted by Crippen LogP contribution is 2.29. The molecular formula is C19H25N3O2. The first-order valence-corrected chi connectivity index (χ1v) is 8.92. The van der Waals surface area contributed by atoms with E-state index >= 15 is 0 Å². The molecule has 0 unspecified atom stereocenters. The molecule has 5 heteroatoms. The number of hydrogen-bond acceptors (Lipinski definition) is 4. The summed E-state index contributed by atoms with van der Waals surface area (Å²) in [5, 5.41) is 15.3. The van der Waals surface area contributed by atoms with E-state index in [0.717, 1.165) is 50.0 Å². The van der Waals surface area contributed by atoms with Gasteiger partial charge in [-0.1, -0.05) is 6.07 Å². The third-order valence-electron chi connectivity index (χ3n) is 4.94. The first-order valence-electron chi connectivity index (χ1n) is 8.92. The van der Waals surface area contributed by atoms with E-state index in [1.807, 2.05) is 24.3 Å². The number of nitrogens with zero attached hydrogens (tertiary/aromatic N) is 1. The zero-order valence-corrected chi connectivity index (χ0v) is 14.0. The zero-order valence-electron chi connectivity index (χ0n) is 14.0. The minimum absolute atomic E-state index is 0.138. The molecule has 0 atom stereocenters. The van der Waals surface area contributed by atoms with Gasteiger partial charge in [-0.2, -0.15) is 5.26 Å². The van der Waals surface area contributed by atoms with Gasteiger partial charge in [-0.3, -0.25) is 4.79 Å². The SMILES string of the molecule is N#CC1(NC(=O)CNc2cccc(OC3CCCC3)c2)CCCC1. The van der Waals surface area contributed by atoms with Crippen molar-refractivity contribution in [3.63, 3.8) is 0 Å². The summed E-state index contributed by atoms with van der Waals surface area (Å²) < 4.78 is 5.98. The number of rotatable bonds is 6. The van der Waals surface area contributed by atoms with Crippen LogP contribution in [-0.2, 0) is 4.79 Å². The maximum Gasteiger partial charge on any atom is 0.240 e. The Labute approximate surface area is 143 Å². The Morgan fingerprint density at radius 2 is 2.00 bits per heavy atom. The van der Waals surface area contributed by atoms with Crippen molar-refractivity contribution in [2.75, 3.05) is 11.9 Å². The first kappa shape index (κ1) is 16.6. The van der Waals surface area contributed by atoms with Gasteiger partial charge in [-0.05, 0) is 63.5 Å². The number of anilines is 1. The van der Waals surface area contributed by atoms with Crippen LogP contribution < -0.4 is 15.4 Å². The van der Waals surface area contributed by atoms with Crippen LogP contribution in [0.4, 0.5) is 5.69 Å². The second-order valence-electron chi connectivity index (χ2n) is 6.85. The van der Waals surface area contributed by atoms with E-state index in [4.69, 9.17) is 4.74 Å². The fourth-order valence-electron chi connectivity index (χ4n) is 3.61. The maximum atomic E-state index is 12.1. The number of ether oxygens (including phenoxy) is 1. The summed E-state index contributed by atoms with van der Waals surface area (Å²) >= 11 is 0. The molecule has 0 spiro atoms. The molecular weight excluding hydrogens is 302 g/mol. The summed E-state index contributed by atoms with van der Waals surface area (Å²) in [7, 11) is 0. The number of benzene rings is 1. The molecule has 24 heavy (non-hydrogen) atoms. The minimum Gasteiger partial charge on any atom is -0.490 e. The molecule has 2 aliphatic carbocycles. The molecule has 1 aromatic carbocycles. The van der Waals surface area contributed by atoms with E-state index < -0.39 is 5.54 Å². The van der Waals surface area contributed by atoms with Crippen LogP contribution in [-0.4, -0.2) is 24.1 Å². The molecule has 0 heterocycles. The van der Waals surface area contributed by atoms with Crippen LogP contribution in [0.25, 0.3) is 0 Å². The molecule has 0 aliphatic heterocycles. The standard InChI is InChI=1S/C19H25N3O2/c20-14-19(10-3-4-11-19)22-18(23)13-21-15-6-5-9-17(12-15)24-16-7-1-2-8-16/h5-6,9,12,16,21H,1-4,7-8,10-11,13H2,(H,22,23).